The molecule has 1 aromatic carbocycles. The molecule has 2 rings (SSSR count). The van der Waals surface area contributed by atoms with Gasteiger partial charge in [-0.15, -0.1) is 0 Å². The Bertz CT molecular complexity index is 622. The largest absolute Gasteiger partial charge is 0.382 e. The van der Waals surface area contributed by atoms with Gasteiger partial charge in [-0.2, -0.15) is 0 Å². The van der Waals surface area contributed by atoms with Crippen LogP contribution in [0.3, 0.4) is 0 Å². The first kappa shape index (κ1) is 16.3. The Hall–Kier alpha value is -2.12. The van der Waals surface area contributed by atoms with Crippen LogP contribution in [-0.4, -0.2) is 48.5 Å². The molecular weight excluding hydrogens is 310 g/mol. The van der Waals surface area contributed by atoms with Gasteiger partial charge in [0, 0.05) is 7.11 Å². The van der Waals surface area contributed by atoms with Gasteiger partial charge in [0.15, 0.2) is 0 Å². The number of nitrogens with zero attached hydrogens (tertiary/aromatic N) is 1. The zero-order valence-electron chi connectivity index (χ0n) is 12.2. The fraction of sp³-hybridized carbons (Fsp3) is 0.357. The van der Waals surface area contributed by atoms with Gasteiger partial charge in [-0.1, -0.05) is 23.7 Å². The van der Waals surface area contributed by atoms with Crippen molar-refractivity contribution in [1.82, 2.24) is 10.2 Å². The smallest absolute Gasteiger partial charge is 0.325 e. The van der Waals surface area contributed by atoms with Gasteiger partial charge in [-0.3, -0.25) is 14.5 Å². The summed E-state index contributed by atoms with van der Waals surface area (Å²) in [4.78, 5) is 37.0. The van der Waals surface area contributed by atoms with Gasteiger partial charge in [-0.25, -0.2) is 4.79 Å². The Morgan fingerprint density at radius 2 is 2.09 bits per heavy atom. The second kappa shape index (κ2) is 6.33. The van der Waals surface area contributed by atoms with Gasteiger partial charge in [0.25, 0.3) is 5.91 Å². The molecule has 4 amide bonds. The Balaban J connectivity index is 2.04. The van der Waals surface area contributed by atoms with E-state index in [1.54, 1.807) is 31.2 Å². The van der Waals surface area contributed by atoms with Gasteiger partial charge < -0.3 is 15.4 Å². The van der Waals surface area contributed by atoms with E-state index < -0.39 is 29.9 Å². The number of hydrogen-bond donors (Lipinski definition) is 2. The molecule has 1 aliphatic rings. The SMILES string of the molecule is COCC1(C)NC(=O)N(CC(=O)Nc2ccccc2Cl)C1=O. The molecule has 1 aromatic rings. The maximum Gasteiger partial charge on any atom is 0.325 e. The van der Waals surface area contributed by atoms with Crippen LogP contribution >= 0.6 is 11.6 Å². The summed E-state index contributed by atoms with van der Waals surface area (Å²) in [5.74, 6) is -1.02. The average molecular weight is 326 g/mol. The van der Waals surface area contributed by atoms with Gasteiger partial charge in [0.2, 0.25) is 5.91 Å². The lowest BCUT2D eigenvalue weighted by Crippen LogP contribution is -2.48. The van der Waals surface area contributed by atoms with Crippen LogP contribution in [0.25, 0.3) is 0 Å². The highest BCUT2D eigenvalue weighted by molar-refractivity contribution is 6.33. The Kier molecular flexibility index (Phi) is 4.68. The van der Waals surface area contributed by atoms with E-state index in [1.165, 1.54) is 7.11 Å². The molecule has 1 atom stereocenters. The van der Waals surface area contributed by atoms with E-state index in [0.29, 0.717) is 10.7 Å². The number of urea groups is 1. The van der Waals surface area contributed by atoms with E-state index in [4.69, 9.17) is 16.3 Å². The predicted octanol–water partition coefficient (Wildman–Crippen LogP) is 1.24. The van der Waals surface area contributed by atoms with Crippen LogP contribution < -0.4 is 10.6 Å². The number of para-hydroxylation sites is 1. The number of amides is 4. The summed E-state index contributed by atoms with van der Waals surface area (Å²) in [7, 11) is 1.43. The summed E-state index contributed by atoms with van der Waals surface area (Å²) < 4.78 is 4.93. The molecule has 0 bridgehead atoms. The molecule has 1 aliphatic heterocycles. The van der Waals surface area contributed by atoms with Crippen LogP contribution in [0.15, 0.2) is 24.3 Å². The summed E-state index contributed by atoms with van der Waals surface area (Å²) in [5, 5.41) is 5.45. The van der Waals surface area contributed by atoms with Crippen molar-refractivity contribution in [3.63, 3.8) is 0 Å². The standard InChI is InChI=1S/C14H16ClN3O4/c1-14(8-22-2)12(20)18(13(21)17-14)7-11(19)16-10-6-4-3-5-9(10)15/h3-6H,7-8H2,1-2H3,(H,16,19)(H,17,21). The van der Waals surface area contributed by atoms with E-state index in [2.05, 4.69) is 10.6 Å². The molecule has 0 radical (unpaired) electrons. The molecule has 2 N–H and O–H groups in total. The van der Waals surface area contributed by atoms with Crippen molar-refractivity contribution in [2.24, 2.45) is 0 Å². The molecule has 1 saturated heterocycles. The number of rotatable bonds is 5. The van der Waals surface area contributed by atoms with Crippen molar-refractivity contribution in [2.45, 2.75) is 12.5 Å². The van der Waals surface area contributed by atoms with E-state index in [9.17, 15) is 14.4 Å². The minimum absolute atomic E-state index is 0.0280. The Labute approximate surface area is 132 Å². The second-order valence-corrected chi connectivity index (χ2v) is 5.52. The fourth-order valence-electron chi connectivity index (χ4n) is 2.17. The molecule has 7 nitrogen and oxygen atoms in total. The summed E-state index contributed by atoms with van der Waals surface area (Å²) in [6.07, 6.45) is 0. The molecule has 8 heteroatoms. The number of methoxy groups -OCH3 is 1. The highest BCUT2D eigenvalue weighted by Gasteiger charge is 2.48. The lowest BCUT2D eigenvalue weighted by molar-refractivity contribution is -0.134. The minimum atomic E-state index is -1.16. The molecule has 0 spiro atoms. The number of benzene rings is 1. The molecule has 118 valence electrons. The number of carbonyl (C=O) groups is 3. The molecule has 0 aliphatic carbocycles. The van der Waals surface area contributed by atoms with Crippen molar-refractivity contribution in [3.05, 3.63) is 29.3 Å². The maximum absolute atomic E-state index is 12.2. The van der Waals surface area contributed by atoms with Crippen LogP contribution in [0, 0.1) is 0 Å². The van der Waals surface area contributed by atoms with Crippen LogP contribution in [0.4, 0.5) is 10.5 Å². The number of carbonyl (C=O) groups excluding carboxylic acids is 3. The molecule has 0 saturated carbocycles. The number of halogens is 1. The lowest BCUT2D eigenvalue weighted by atomic mass is 10.0. The minimum Gasteiger partial charge on any atom is -0.382 e. The van der Waals surface area contributed by atoms with Crippen molar-refractivity contribution in [3.8, 4) is 0 Å². The van der Waals surface area contributed by atoms with Crippen LogP contribution in [0.2, 0.25) is 5.02 Å². The van der Waals surface area contributed by atoms with Gasteiger partial charge >= 0.3 is 6.03 Å². The zero-order chi connectivity index (χ0) is 16.3. The monoisotopic (exact) mass is 325 g/mol. The number of anilines is 1. The Morgan fingerprint density at radius 1 is 1.41 bits per heavy atom. The molecular formula is C14H16ClN3O4. The number of ether oxygens (including phenoxy) is 1. The van der Waals surface area contributed by atoms with Crippen LogP contribution in [0.1, 0.15) is 6.92 Å². The third-order valence-corrected chi connectivity index (χ3v) is 3.56. The van der Waals surface area contributed by atoms with Crippen molar-refractivity contribution in [1.29, 1.82) is 0 Å². The number of nitrogens with one attached hydrogen (secondary N) is 2. The molecule has 1 heterocycles. The lowest BCUT2D eigenvalue weighted by Gasteiger charge is -2.20. The number of hydrogen-bond acceptors (Lipinski definition) is 4. The van der Waals surface area contributed by atoms with Gasteiger partial charge in [-0.05, 0) is 19.1 Å². The normalized spacial score (nSPS) is 21.0. The van der Waals surface area contributed by atoms with Gasteiger partial charge in [0.05, 0.1) is 17.3 Å². The van der Waals surface area contributed by atoms with Crippen LogP contribution in [0.5, 0.6) is 0 Å². The fourth-order valence-corrected chi connectivity index (χ4v) is 2.36. The molecule has 1 unspecified atom stereocenters. The first-order valence-corrected chi connectivity index (χ1v) is 6.92. The summed E-state index contributed by atoms with van der Waals surface area (Å²) >= 11 is 5.94. The highest BCUT2D eigenvalue weighted by atomic mass is 35.5. The molecule has 22 heavy (non-hydrogen) atoms. The van der Waals surface area contributed by atoms with E-state index in [0.717, 1.165) is 4.90 Å². The first-order valence-electron chi connectivity index (χ1n) is 6.55. The van der Waals surface area contributed by atoms with E-state index in [1.807, 2.05) is 0 Å². The van der Waals surface area contributed by atoms with Gasteiger partial charge in [0.1, 0.15) is 12.1 Å². The van der Waals surface area contributed by atoms with Crippen molar-refractivity contribution < 1.29 is 19.1 Å². The first-order chi connectivity index (χ1) is 10.4. The Morgan fingerprint density at radius 3 is 2.73 bits per heavy atom. The van der Waals surface area contributed by atoms with Crippen molar-refractivity contribution in [2.75, 3.05) is 25.6 Å². The van der Waals surface area contributed by atoms with E-state index >= 15 is 0 Å². The van der Waals surface area contributed by atoms with Crippen LogP contribution in [-0.2, 0) is 14.3 Å². The van der Waals surface area contributed by atoms with E-state index in [-0.39, 0.29) is 6.61 Å². The average Bonchev–Trinajstić information content (AvgIpc) is 2.65. The topological polar surface area (TPSA) is 87.7 Å². The zero-order valence-corrected chi connectivity index (χ0v) is 12.9. The molecule has 0 aromatic heterocycles. The second-order valence-electron chi connectivity index (χ2n) is 5.11. The quantitative estimate of drug-likeness (QED) is 0.797. The molecule has 1 fully saturated rings. The third-order valence-electron chi connectivity index (χ3n) is 3.23. The number of imide groups is 1. The maximum atomic E-state index is 12.2. The summed E-state index contributed by atoms with van der Waals surface area (Å²) in [6.45, 7) is 1.18. The van der Waals surface area contributed by atoms with Crippen molar-refractivity contribution >= 4 is 35.1 Å². The predicted molar refractivity (Wildman–Crippen MR) is 80.6 cm³/mol. The highest BCUT2D eigenvalue weighted by Crippen LogP contribution is 2.21. The summed E-state index contributed by atoms with van der Waals surface area (Å²) in [5.41, 5.74) is -0.739. The third kappa shape index (κ3) is 3.20. The summed E-state index contributed by atoms with van der Waals surface area (Å²) in [6, 6.07) is 6.07.